The number of hydrogen-bond acceptors (Lipinski definition) is 3. The molecule has 0 radical (unpaired) electrons. The molecule has 1 aromatic carbocycles. The van der Waals surface area contributed by atoms with Crippen LogP contribution in [0.25, 0.3) is 16.1 Å². The molecule has 0 bridgehead atoms. The van der Waals surface area contributed by atoms with E-state index >= 15 is 0 Å². The van der Waals surface area contributed by atoms with E-state index in [2.05, 4.69) is 28.5 Å². The molecule has 6 heteroatoms. The molecule has 1 saturated heterocycles. The second-order valence-electron chi connectivity index (χ2n) is 8.95. The van der Waals surface area contributed by atoms with Crippen molar-refractivity contribution in [2.24, 2.45) is 18.4 Å². The molecule has 5 nitrogen and oxygen atoms in total. The van der Waals surface area contributed by atoms with Gasteiger partial charge in [0.25, 0.3) is 5.56 Å². The van der Waals surface area contributed by atoms with E-state index in [1.165, 1.54) is 16.7 Å². The Labute approximate surface area is 177 Å². The molecular weight excluding hydrogens is 379 g/mol. The Morgan fingerprint density at radius 2 is 1.93 bits per heavy atom. The van der Waals surface area contributed by atoms with Crippen LogP contribution >= 0.6 is 0 Å². The molecule has 1 aromatic heterocycles. The van der Waals surface area contributed by atoms with Gasteiger partial charge in [-0.05, 0) is 45.6 Å². The molecule has 0 spiro atoms. The molecule has 0 amide bonds. The van der Waals surface area contributed by atoms with Crippen molar-refractivity contribution in [1.29, 1.82) is 0 Å². The molecule has 1 aliphatic heterocycles. The van der Waals surface area contributed by atoms with Crippen LogP contribution in [0.15, 0.2) is 23.0 Å². The van der Waals surface area contributed by atoms with Crippen LogP contribution in [-0.2, 0) is 7.05 Å². The van der Waals surface area contributed by atoms with Gasteiger partial charge in [0, 0.05) is 31.1 Å². The fourth-order valence-electron chi connectivity index (χ4n) is 3.40. The summed E-state index contributed by atoms with van der Waals surface area (Å²) in [5.41, 5.74) is 0.441. The fourth-order valence-corrected chi connectivity index (χ4v) is 3.40. The highest BCUT2D eigenvalue weighted by Crippen LogP contribution is 2.28. The second-order valence-corrected chi connectivity index (χ2v) is 8.95. The zero-order valence-corrected chi connectivity index (χ0v) is 18.2. The summed E-state index contributed by atoms with van der Waals surface area (Å²) in [5.74, 6) is 6.68. The number of anilines is 1. The maximum Gasteiger partial charge on any atom is 0.271 e. The van der Waals surface area contributed by atoms with Gasteiger partial charge in [0.05, 0.1) is 12.3 Å². The first-order chi connectivity index (χ1) is 14.1. The van der Waals surface area contributed by atoms with Gasteiger partial charge >= 0.3 is 0 Å². The fraction of sp³-hybridized carbons (Fsp3) is 0.458. The Morgan fingerprint density at radius 3 is 2.50 bits per heavy atom. The third-order valence-corrected chi connectivity index (χ3v) is 5.24. The molecule has 30 heavy (non-hydrogen) atoms. The molecule has 0 saturated carbocycles. The lowest BCUT2D eigenvalue weighted by molar-refractivity contribution is 0.431. The Balaban J connectivity index is 2.23. The summed E-state index contributed by atoms with van der Waals surface area (Å²) in [6.45, 7) is 16.8. The Hall–Kier alpha value is -3.12. The molecule has 0 unspecified atom stereocenters. The SMILES string of the molecule is [C-]#[N+]c1ccc(-c2nc(N3CCC(C)CC3)n(C)c(=O)c2C#CC(C)(C)C)cc1F. The number of rotatable bonds is 2. The van der Waals surface area contributed by atoms with Gasteiger partial charge in [-0.3, -0.25) is 9.36 Å². The Kier molecular flexibility index (Phi) is 5.99. The maximum atomic E-state index is 14.3. The zero-order valence-electron chi connectivity index (χ0n) is 18.2. The molecule has 2 heterocycles. The third-order valence-electron chi connectivity index (χ3n) is 5.24. The van der Waals surface area contributed by atoms with Gasteiger partial charge in [-0.25, -0.2) is 14.2 Å². The molecule has 0 atom stereocenters. The summed E-state index contributed by atoms with van der Waals surface area (Å²) in [6, 6.07) is 4.31. The van der Waals surface area contributed by atoms with Crippen LogP contribution in [0.5, 0.6) is 0 Å². The lowest BCUT2D eigenvalue weighted by Crippen LogP contribution is -2.38. The number of piperidine rings is 1. The summed E-state index contributed by atoms with van der Waals surface area (Å²) in [4.78, 5) is 23.3. The van der Waals surface area contributed by atoms with Crippen molar-refractivity contribution < 1.29 is 4.39 Å². The van der Waals surface area contributed by atoms with E-state index in [4.69, 9.17) is 11.6 Å². The quantitative estimate of drug-likeness (QED) is 0.533. The van der Waals surface area contributed by atoms with E-state index in [1.807, 2.05) is 20.8 Å². The van der Waals surface area contributed by atoms with Crippen molar-refractivity contribution in [1.82, 2.24) is 9.55 Å². The number of nitrogens with zero attached hydrogens (tertiary/aromatic N) is 4. The summed E-state index contributed by atoms with van der Waals surface area (Å²) < 4.78 is 15.9. The van der Waals surface area contributed by atoms with Crippen LogP contribution in [0.1, 0.15) is 46.1 Å². The molecule has 0 aliphatic carbocycles. The van der Waals surface area contributed by atoms with Crippen LogP contribution < -0.4 is 10.5 Å². The molecule has 1 aliphatic rings. The van der Waals surface area contributed by atoms with Gasteiger partial charge in [0.2, 0.25) is 11.6 Å². The molecule has 2 aromatic rings. The molecular formula is C24H27FN4O. The molecule has 156 valence electrons. The lowest BCUT2D eigenvalue weighted by atomic mass is 9.97. The number of halogens is 1. The van der Waals surface area contributed by atoms with Gasteiger partial charge in [-0.2, -0.15) is 0 Å². The van der Waals surface area contributed by atoms with Crippen molar-refractivity contribution in [3.05, 3.63) is 51.4 Å². The highest BCUT2D eigenvalue weighted by Gasteiger charge is 2.23. The van der Waals surface area contributed by atoms with Gasteiger partial charge in [0.15, 0.2) is 0 Å². The number of hydrogen-bond donors (Lipinski definition) is 0. The van der Waals surface area contributed by atoms with Crippen molar-refractivity contribution in [2.75, 3.05) is 18.0 Å². The van der Waals surface area contributed by atoms with Crippen LogP contribution in [0.3, 0.4) is 0 Å². The lowest BCUT2D eigenvalue weighted by Gasteiger charge is -2.32. The summed E-state index contributed by atoms with van der Waals surface area (Å²) >= 11 is 0. The van der Waals surface area contributed by atoms with Crippen LogP contribution in [0.4, 0.5) is 16.0 Å². The van der Waals surface area contributed by atoms with Crippen LogP contribution in [-0.4, -0.2) is 22.6 Å². The smallest absolute Gasteiger partial charge is 0.271 e. The first kappa shape index (κ1) is 21.6. The van der Waals surface area contributed by atoms with Crippen LogP contribution in [0.2, 0.25) is 0 Å². The second kappa shape index (κ2) is 8.32. The van der Waals surface area contributed by atoms with Crippen molar-refractivity contribution in [3.8, 4) is 23.1 Å². The van der Waals surface area contributed by atoms with Crippen molar-refractivity contribution in [3.63, 3.8) is 0 Å². The molecule has 1 fully saturated rings. The molecule has 3 rings (SSSR count). The summed E-state index contributed by atoms with van der Waals surface area (Å²) in [7, 11) is 1.71. The van der Waals surface area contributed by atoms with E-state index < -0.39 is 5.82 Å². The number of benzene rings is 1. The van der Waals surface area contributed by atoms with E-state index in [9.17, 15) is 9.18 Å². The van der Waals surface area contributed by atoms with Crippen molar-refractivity contribution >= 4 is 11.6 Å². The van der Waals surface area contributed by atoms with Gasteiger partial charge in [-0.1, -0.05) is 30.9 Å². The Morgan fingerprint density at radius 1 is 1.27 bits per heavy atom. The molecule has 0 N–H and O–H groups in total. The average molecular weight is 407 g/mol. The highest BCUT2D eigenvalue weighted by molar-refractivity contribution is 5.70. The van der Waals surface area contributed by atoms with Gasteiger partial charge < -0.3 is 4.90 Å². The van der Waals surface area contributed by atoms with E-state index in [1.54, 1.807) is 13.1 Å². The van der Waals surface area contributed by atoms with Crippen molar-refractivity contribution in [2.45, 2.75) is 40.5 Å². The predicted octanol–water partition coefficient (Wildman–Crippen LogP) is 4.77. The largest absolute Gasteiger partial charge is 0.342 e. The third kappa shape index (κ3) is 4.54. The minimum atomic E-state index is -0.631. The average Bonchev–Trinajstić information content (AvgIpc) is 2.69. The topological polar surface area (TPSA) is 42.5 Å². The van der Waals surface area contributed by atoms with E-state index in [0.29, 0.717) is 23.1 Å². The minimum Gasteiger partial charge on any atom is -0.342 e. The Bertz CT molecular complexity index is 1120. The monoisotopic (exact) mass is 406 g/mol. The van der Waals surface area contributed by atoms with Gasteiger partial charge in [-0.15, -0.1) is 0 Å². The predicted molar refractivity (Wildman–Crippen MR) is 118 cm³/mol. The minimum absolute atomic E-state index is 0.0600. The normalized spacial score (nSPS) is 14.8. The number of aromatic nitrogens is 2. The summed E-state index contributed by atoms with van der Waals surface area (Å²) in [6.07, 6.45) is 2.07. The van der Waals surface area contributed by atoms with Gasteiger partial charge in [0.1, 0.15) is 11.4 Å². The zero-order chi connectivity index (χ0) is 22.1. The standard InChI is InChI=1S/C24H27FN4O/c1-16-10-13-29(14-11-16)23-27-21(17-7-8-20(26-5)19(25)15-17)18(22(30)28(23)6)9-12-24(2,3)4/h7-8,15-16H,10-11,13-14H2,1-4,6H3. The first-order valence-corrected chi connectivity index (χ1v) is 10.2. The summed E-state index contributed by atoms with van der Waals surface area (Å²) in [5, 5.41) is 0. The highest BCUT2D eigenvalue weighted by atomic mass is 19.1. The van der Waals surface area contributed by atoms with E-state index in [0.717, 1.165) is 25.9 Å². The maximum absolute atomic E-state index is 14.3. The van der Waals surface area contributed by atoms with Crippen LogP contribution in [0, 0.1) is 35.6 Å². The first-order valence-electron chi connectivity index (χ1n) is 10.2. The van der Waals surface area contributed by atoms with E-state index in [-0.39, 0.29) is 22.2 Å².